The second-order valence-corrected chi connectivity index (χ2v) is 4.73. The summed E-state index contributed by atoms with van der Waals surface area (Å²) < 4.78 is 10.6. The van der Waals surface area contributed by atoms with Crippen molar-refractivity contribution in [3.05, 3.63) is 17.0 Å². The summed E-state index contributed by atoms with van der Waals surface area (Å²) >= 11 is 0. The topological polar surface area (TPSA) is 124 Å². The molecule has 9 heteroatoms. The molecule has 2 rings (SSSR count). The van der Waals surface area contributed by atoms with E-state index >= 15 is 0 Å². The Morgan fingerprint density at radius 1 is 1.19 bits per heavy atom. The SMILES string of the molecule is Cc1noc(C)c1CNc1nc(NN)nc(OC(C)C)n1. The first-order valence-corrected chi connectivity index (χ1v) is 6.54. The van der Waals surface area contributed by atoms with Crippen molar-refractivity contribution in [2.45, 2.75) is 40.3 Å². The number of ether oxygens (including phenoxy) is 1. The van der Waals surface area contributed by atoms with Gasteiger partial charge in [0.15, 0.2) is 0 Å². The highest BCUT2D eigenvalue weighted by Gasteiger charge is 2.12. The van der Waals surface area contributed by atoms with Gasteiger partial charge in [-0.05, 0) is 27.7 Å². The zero-order valence-electron chi connectivity index (χ0n) is 12.5. The maximum atomic E-state index is 5.45. The van der Waals surface area contributed by atoms with Crippen molar-refractivity contribution >= 4 is 11.9 Å². The Morgan fingerprint density at radius 2 is 1.90 bits per heavy atom. The molecule has 0 amide bonds. The van der Waals surface area contributed by atoms with Crippen LogP contribution in [0.25, 0.3) is 0 Å². The third-order valence-corrected chi connectivity index (χ3v) is 2.69. The lowest BCUT2D eigenvalue weighted by Gasteiger charge is -2.11. The van der Waals surface area contributed by atoms with Crippen LogP contribution in [0.5, 0.6) is 6.01 Å². The average molecular weight is 293 g/mol. The smallest absolute Gasteiger partial charge is 0.323 e. The lowest BCUT2D eigenvalue weighted by atomic mass is 10.2. The molecule has 0 aliphatic carbocycles. The number of hydrogen-bond donors (Lipinski definition) is 3. The Balaban J connectivity index is 2.15. The van der Waals surface area contributed by atoms with Crippen LogP contribution < -0.4 is 21.3 Å². The van der Waals surface area contributed by atoms with E-state index in [2.05, 4.69) is 30.9 Å². The first-order chi connectivity index (χ1) is 9.99. The predicted molar refractivity (Wildman–Crippen MR) is 76.7 cm³/mol. The molecule has 0 unspecified atom stereocenters. The molecule has 0 radical (unpaired) electrons. The predicted octanol–water partition coefficient (Wildman–Crippen LogP) is 1.16. The van der Waals surface area contributed by atoms with Gasteiger partial charge in [0.05, 0.1) is 11.8 Å². The number of nitrogen functional groups attached to an aromatic ring is 1. The average Bonchev–Trinajstić information content (AvgIpc) is 2.74. The second-order valence-electron chi connectivity index (χ2n) is 4.73. The molecule has 0 atom stereocenters. The van der Waals surface area contributed by atoms with Crippen LogP contribution in [0.1, 0.15) is 30.9 Å². The highest BCUT2D eigenvalue weighted by atomic mass is 16.5. The van der Waals surface area contributed by atoms with Crippen LogP contribution in [0.3, 0.4) is 0 Å². The van der Waals surface area contributed by atoms with Gasteiger partial charge in [-0.15, -0.1) is 0 Å². The Bertz CT molecular complexity index is 592. The summed E-state index contributed by atoms with van der Waals surface area (Å²) in [5, 5.41) is 6.97. The quantitative estimate of drug-likeness (QED) is 0.531. The summed E-state index contributed by atoms with van der Waals surface area (Å²) in [5.41, 5.74) is 4.17. The molecule has 0 aromatic carbocycles. The molecule has 2 aromatic heterocycles. The lowest BCUT2D eigenvalue weighted by Crippen LogP contribution is -2.16. The highest BCUT2D eigenvalue weighted by Crippen LogP contribution is 2.16. The van der Waals surface area contributed by atoms with Gasteiger partial charge < -0.3 is 14.6 Å². The van der Waals surface area contributed by atoms with Gasteiger partial charge in [-0.3, -0.25) is 5.43 Å². The van der Waals surface area contributed by atoms with E-state index in [0.717, 1.165) is 17.0 Å². The second kappa shape index (κ2) is 6.35. The zero-order valence-corrected chi connectivity index (χ0v) is 12.5. The highest BCUT2D eigenvalue weighted by molar-refractivity contribution is 5.36. The fourth-order valence-electron chi connectivity index (χ4n) is 1.69. The van der Waals surface area contributed by atoms with Crippen molar-refractivity contribution < 1.29 is 9.26 Å². The number of nitrogens with zero attached hydrogens (tertiary/aromatic N) is 4. The number of aryl methyl sites for hydroxylation is 2. The van der Waals surface area contributed by atoms with Crippen LogP contribution >= 0.6 is 0 Å². The van der Waals surface area contributed by atoms with Gasteiger partial charge in [0.1, 0.15) is 5.76 Å². The number of aromatic nitrogens is 4. The zero-order chi connectivity index (χ0) is 15.4. The van der Waals surface area contributed by atoms with Gasteiger partial charge in [0.25, 0.3) is 0 Å². The minimum atomic E-state index is -0.0477. The van der Waals surface area contributed by atoms with Crippen LogP contribution in [0.4, 0.5) is 11.9 Å². The normalized spacial score (nSPS) is 10.8. The van der Waals surface area contributed by atoms with Crippen LogP contribution in [0, 0.1) is 13.8 Å². The summed E-state index contributed by atoms with van der Waals surface area (Å²) in [7, 11) is 0. The molecular formula is C12H19N7O2. The van der Waals surface area contributed by atoms with Crippen molar-refractivity contribution in [1.82, 2.24) is 20.1 Å². The molecule has 0 bridgehead atoms. The summed E-state index contributed by atoms with van der Waals surface area (Å²) in [4.78, 5) is 12.3. The Morgan fingerprint density at radius 3 is 2.48 bits per heavy atom. The number of nitrogens with two attached hydrogens (primary N) is 1. The van der Waals surface area contributed by atoms with E-state index in [1.165, 1.54) is 0 Å². The molecule has 0 fully saturated rings. The summed E-state index contributed by atoms with van der Waals surface area (Å²) in [5.74, 6) is 6.68. The Hall–Kier alpha value is -2.42. The fraction of sp³-hybridized carbons (Fsp3) is 0.500. The Kier molecular flexibility index (Phi) is 4.53. The van der Waals surface area contributed by atoms with Crippen LogP contribution in [0.2, 0.25) is 0 Å². The number of hydrogen-bond acceptors (Lipinski definition) is 9. The van der Waals surface area contributed by atoms with E-state index < -0.39 is 0 Å². The van der Waals surface area contributed by atoms with Crippen molar-refractivity contribution in [1.29, 1.82) is 0 Å². The first kappa shape index (κ1) is 15.0. The molecule has 0 aliphatic rings. The van der Waals surface area contributed by atoms with Gasteiger partial charge in [-0.25, -0.2) is 5.84 Å². The maximum Gasteiger partial charge on any atom is 0.323 e. The maximum absolute atomic E-state index is 5.45. The Labute approximate surface area is 122 Å². The van der Waals surface area contributed by atoms with E-state index in [1.54, 1.807) is 0 Å². The number of nitrogens with one attached hydrogen (secondary N) is 2. The molecule has 2 heterocycles. The van der Waals surface area contributed by atoms with Gasteiger partial charge in [0, 0.05) is 12.1 Å². The number of anilines is 2. The molecule has 4 N–H and O–H groups in total. The van der Waals surface area contributed by atoms with E-state index in [9.17, 15) is 0 Å². The van der Waals surface area contributed by atoms with E-state index in [-0.39, 0.29) is 18.1 Å². The van der Waals surface area contributed by atoms with Crippen LogP contribution in [-0.2, 0) is 6.54 Å². The van der Waals surface area contributed by atoms with Gasteiger partial charge in [-0.2, -0.15) is 15.0 Å². The third kappa shape index (κ3) is 3.78. The van der Waals surface area contributed by atoms with Crippen molar-refractivity contribution in [3.8, 4) is 6.01 Å². The fourth-order valence-corrected chi connectivity index (χ4v) is 1.69. The molecule has 114 valence electrons. The molecule has 2 aromatic rings. The van der Waals surface area contributed by atoms with E-state index in [4.69, 9.17) is 15.1 Å². The molecule has 0 saturated heterocycles. The summed E-state index contributed by atoms with van der Waals surface area (Å²) in [6, 6.07) is 0.203. The molecule has 21 heavy (non-hydrogen) atoms. The number of rotatable bonds is 6. The minimum Gasteiger partial charge on any atom is -0.461 e. The van der Waals surface area contributed by atoms with Crippen LogP contribution in [0.15, 0.2) is 4.52 Å². The third-order valence-electron chi connectivity index (χ3n) is 2.69. The monoisotopic (exact) mass is 293 g/mol. The van der Waals surface area contributed by atoms with Crippen molar-refractivity contribution in [2.24, 2.45) is 5.84 Å². The lowest BCUT2D eigenvalue weighted by molar-refractivity contribution is 0.222. The molecule has 0 spiro atoms. The van der Waals surface area contributed by atoms with Gasteiger partial charge >= 0.3 is 6.01 Å². The number of hydrazine groups is 1. The van der Waals surface area contributed by atoms with Crippen molar-refractivity contribution in [2.75, 3.05) is 10.7 Å². The summed E-state index contributed by atoms with van der Waals surface area (Å²) in [6.07, 6.45) is -0.0477. The van der Waals surface area contributed by atoms with E-state index in [1.807, 2.05) is 27.7 Å². The minimum absolute atomic E-state index is 0.0477. The largest absolute Gasteiger partial charge is 0.461 e. The van der Waals surface area contributed by atoms with E-state index in [0.29, 0.717) is 12.5 Å². The first-order valence-electron chi connectivity index (χ1n) is 6.54. The standard InChI is InChI=1S/C12H19N7O2/c1-6(2)20-12-16-10(15-11(17-12)18-13)14-5-9-7(3)19-21-8(9)4/h6H,5,13H2,1-4H3,(H2,14,15,16,17,18). The molecule has 0 saturated carbocycles. The molecule has 9 nitrogen and oxygen atoms in total. The molecule has 0 aliphatic heterocycles. The van der Waals surface area contributed by atoms with Gasteiger partial charge in [-0.1, -0.05) is 5.16 Å². The van der Waals surface area contributed by atoms with Crippen molar-refractivity contribution in [3.63, 3.8) is 0 Å². The molecular weight excluding hydrogens is 274 g/mol. The van der Waals surface area contributed by atoms with Crippen LogP contribution in [-0.4, -0.2) is 26.2 Å². The summed E-state index contributed by atoms with van der Waals surface area (Å²) in [6.45, 7) is 7.98. The van der Waals surface area contributed by atoms with Gasteiger partial charge in [0.2, 0.25) is 11.9 Å².